The monoisotopic (exact) mass is 543 g/mol. The number of hydrogen-bond donors (Lipinski definition) is 4. The zero-order valence-electron chi connectivity index (χ0n) is 22.4. The van der Waals surface area contributed by atoms with Gasteiger partial charge >= 0.3 is 6.09 Å². The van der Waals surface area contributed by atoms with Crippen LogP contribution in [0.15, 0.2) is 36.7 Å². The topological polar surface area (TPSA) is 154 Å². The molecule has 4 saturated carbocycles. The minimum absolute atomic E-state index is 0.0672. The molecule has 4 N–H and O–H groups in total. The first-order chi connectivity index (χ1) is 19.3. The van der Waals surface area contributed by atoms with Gasteiger partial charge in [-0.15, -0.1) is 0 Å². The van der Waals surface area contributed by atoms with Crippen molar-refractivity contribution >= 4 is 23.2 Å². The van der Waals surface area contributed by atoms with E-state index in [1.807, 2.05) is 18.2 Å². The molecule has 3 aromatic heterocycles. The van der Waals surface area contributed by atoms with Crippen molar-refractivity contribution in [2.75, 3.05) is 19.0 Å². The normalized spacial score (nSPS) is 26.9. The Morgan fingerprint density at radius 3 is 2.60 bits per heavy atom. The number of methoxy groups -OCH3 is 1. The number of nitrogens with one attached hydrogen (secondary N) is 3. The van der Waals surface area contributed by atoms with Gasteiger partial charge in [0.25, 0.3) is 5.91 Å². The second-order valence-corrected chi connectivity index (χ2v) is 11.5. The first kappa shape index (κ1) is 26.1. The summed E-state index contributed by atoms with van der Waals surface area (Å²) in [5.74, 6) is 0.0708. The molecule has 208 valence electrons. The van der Waals surface area contributed by atoms with Gasteiger partial charge in [-0.1, -0.05) is 0 Å². The molecule has 0 spiro atoms. The van der Waals surface area contributed by atoms with Gasteiger partial charge in [-0.2, -0.15) is 10.4 Å². The first-order valence-electron chi connectivity index (χ1n) is 13.8. The van der Waals surface area contributed by atoms with Gasteiger partial charge in [-0.25, -0.2) is 9.31 Å². The van der Waals surface area contributed by atoms with E-state index >= 15 is 0 Å². The molecule has 11 nitrogen and oxygen atoms in total. The summed E-state index contributed by atoms with van der Waals surface area (Å²) < 4.78 is 6.39. The van der Waals surface area contributed by atoms with Crippen LogP contribution in [0, 0.1) is 17.2 Å². The average Bonchev–Trinajstić information content (AvgIpc) is 3.38. The maximum atomic E-state index is 13.4. The Bertz CT molecular complexity index is 1480. The van der Waals surface area contributed by atoms with Gasteiger partial charge in [-0.3, -0.25) is 9.78 Å². The van der Waals surface area contributed by atoms with E-state index in [1.165, 1.54) is 13.3 Å². The Balaban J connectivity index is 1.24. The highest BCUT2D eigenvalue weighted by Gasteiger charge is 2.48. The number of anilines is 1. The van der Waals surface area contributed by atoms with Crippen LogP contribution in [0.25, 0.3) is 16.9 Å². The molecular weight excluding hydrogens is 510 g/mol. The number of aromatic nitrogens is 3. The number of amides is 2. The summed E-state index contributed by atoms with van der Waals surface area (Å²) in [6, 6.07) is 9.65. The zero-order valence-corrected chi connectivity index (χ0v) is 22.4. The smallest absolute Gasteiger partial charge is 0.407 e. The number of carbonyl (C=O) groups is 2. The Morgan fingerprint density at radius 2 is 1.90 bits per heavy atom. The summed E-state index contributed by atoms with van der Waals surface area (Å²) in [5, 5.41) is 33.9. The Morgan fingerprint density at radius 1 is 1.15 bits per heavy atom. The minimum atomic E-state index is -0.560. The molecule has 4 aliphatic carbocycles. The van der Waals surface area contributed by atoms with E-state index in [9.17, 15) is 20.0 Å². The quantitative estimate of drug-likeness (QED) is 0.354. The molecule has 4 aliphatic rings. The molecule has 0 unspecified atom stereocenters. The second kappa shape index (κ2) is 10.1. The molecular formula is C29H33N7O4. The van der Waals surface area contributed by atoms with E-state index < -0.39 is 11.7 Å². The van der Waals surface area contributed by atoms with Crippen molar-refractivity contribution in [3.8, 4) is 17.5 Å². The van der Waals surface area contributed by atoms with Gasteiger partial charge in [0.2, 0.25) is 0 Å². The lowest BCUT2D eigenvalue weighted by atomic mass is 9.63. The fourth-order valence-corrected chi connectivity index (χ4v) is 6.35. The minimum Gasteiger partial charge on any atom is -0.453 e. The third kappa shape index (κ3) is 4.95. The van der Waals surface area contributed by atoms with Gasteiger partial charge in [0.05, 0.1) is 52.6 Å². The molecule has 0 aliphatic heterocycles. The van der Waals surface area contributed by atoms with E-state index in [-0.39, 0.29) is 23.4 Å². The van der Waals surface area contributed by atoms with E-state index in [4.69, 9.17) is 0 Å². The highest BCUT2D eigenvalue weighted by atomic mass is 16.5. The van der Waals surface area contributed by atoms with Crippen molar-refractivity contribution < 1.29 is 19.4 Å². The molecule has 0 atom stereocenters. The molecule has 0 radical (unpaired) electrons. The Labute approximate surface area is 231 Å². The third-order valence-electron chi connectivity index (χ3n) is 8.94. The third-order valence-corrected chi connectivity index (χ3v) is 8.94. The number of fused-ring (bicyclic) bond motifs is 4. The predicted molar refractivity (Wildman–Crippen MR) is 147 cm³/mol. The summed E-state index contributed by atoms with van der Waals surface area (Å²) in [5.41, 5.74) is 3.11. The van der Waals surface area contributed by atoms with Gasteiger partial charge < -0.3 is 25.8 Å². The molecule has 11 heteroatoms. The predicted octanol–water partition coefficient (Wildman–Crippen LogP) is 3.38. The molecule has 3 aromatic rings. The van der Waals surface area contributed by atoms with Crippen molar-refractivity contribution in [2.24, 2.45) is 5.92 Å². The Kier molecular flexibility index (Phi) is 6.58. The number of pyridine rings is 1. The SMILES string of the molecule is COC(=O)NC1CC(CNC(=O)c2cnc(-c3ccc4cc(C#N)cnn34)cc2NC23CCC(O)(CC2)CC3)C1. The van der Waals surface area contributed by atoms with Crippen LogP contribution in [0.1, 0.15) is 67.3 Å². The average molecular weight is 544 g/mol. The summed E-state index contributed by atoms with van der Waals surface area (Å²) in [4.78, 5) is 29.5. The van der Waals surface area contributed by atoms with Gasteiger partial charge in [-0.05, 0) is 81.5 Å². The molecule has 4 fully saturated rings. The largest absolute Gasteiger partial charge is 0.453 e. The lowest BCUT2D eigenvalue weighted by molar-refractivity contribution is -0.0580. The fourth-order valence-electron chi connectivity index (χ4n) is 6.35. The highest BCUT2D eigenvalue weighted by Crippen LogP contribution is 2.48. The number of aliphatic hydroxyl groups is 1. The maximum absolute atomic E-state index is 13.4. The molecule has 0 saturated heterocycles. The van der Waals surface area contributed by atoms with E-state index in [0.717, 1.165) is 62.6 Å². The van der Waals surface area contributed by atoms with Crippen LogP contribution in [0.3, 0.4) is 0 Å². The molecule has 2 amide bonds. The number of alkyl carbamates (subject to hydrolysis) is 1. The maximum Gasteiger partial charge on any atom is 0.407 e. The summed E-state index contributed by atoms with van der Waals surface area (Å²) >= 11 is 0. The molecule has 0 aromatic carbocycles. The summed E-state index contributed by atoms with van der Waals surface area (Å²) in [6.07, 6.45) is 9.02. The van der Waals surface area contributed by atoms with E-state index in [0.29, 0.717) is 29.1 Å². The second-order valence-electron chi connectivity index (χ2n) is 11.5. The van der Waals surface area contributed by atoms with Crippen molar-refractivity contribution in [3.63, 3.8) is 0 Å². The molecule has 3 heterocycles. The van der Waals surface area contributed by atoms with Crippen LogP contribution in [0.2, 0.25) is 0 Å². The first-order valence-corrected chi connectivity index (χ1v) is 13.8. The number of nitrogens with zero attached hydrogens (tertiary/aromatic N) is 4. The zero-order chi connectivity index (χ0) is 27.9. The standard InChI is InChI=1S/C29H33N7O4/c1-40-27(38)34-20-10-18(11-20)15-32-26(37)22-17-31-24(25-3-2-21-12-19(14-30)16-33-36(21)25)13-23(22)35-28-4-7-29(39,8-5-28)9-6-28/h2-3,12-13,16-18,20,39H,4-11,15H2,1H3,(H,31,35)(H,32,37)(H,34,38). The fraction of sp³-hybridized carbons (Fsp3) is 0.483. The lowest BCUT2D eigenvalue weighted by Gasteiger charge is -2.51. The Hall–Kier alpha value is -4.17. The van der Waals surface area contributed by atoms with Crippen molar-refractivity contribution in [1.29, 1.82) is 5.26 Å². The van der Waals surface area contributed by atoms with Crippen molar-refractivity contribution in [1.82, 2.24) is 25.2 Å². The van der Waals surface area contributed by atoms with Crippen LogP contribution in [0.5, 0.6) is 0 Å². The van der Waals surface area contributed by atoms with Crippen LogP contribution in [0.4, 0.5) is 10.5 Å². The number of rotatable bonds is 7. The van der Waals surface area contributed by atoms with Gasteiger partial charge in [0.1, 0.15) is 6.07 Å². The number of hydrogen-bond acceptors (Lipinski definition) is 8. The number of carbonyl (C=O) groups excluding carboxylic acids is 2. The summed E-state index contributed by atoms with van der Waals surface area (Å²) in [7, 11) is 1.34. The molecule has 7 rings (SSSR count). The van der Waals surface area contributed by atoms with Gasteiger partial charge in [0.15, 0.2) is 0 Å². The van der Waals surface area contributed by atoms with Crippen molar-refractivity contribution in [2.45, 2.75) is 68.5 Å². The molecule has 40 heavy (non-hydrogen) atoms. The molecule has 2 bridgehead atoms. The van der Waals surface area contributed by atoms with E-state index in [1.54, 1.807) is 16.8 Å². The summed E-state index contributed by atoms with van der Waals surface area (Å²) in [6.45, 7) is 0.506. The highest BCUT2D eigenvalue weighted by molar-refractivity contribution is 6.00. The number of nitriles is 1. The van der Waals surface area contributed by atoms with Crippen LogP contribution < -0.4 is 16.0 Å². The van der Waals surface area contributed by atoms with Crippen LogP contribution in [-0.2, 0) is 4.74 Å². The van der Waals surface area contributed by atoms with Crippen LogP contribution >= 0.6 is 0 Å². The number of ether oxygens (including phenoxy) is 1. The van der Waals surface area contributed by atoms with Crippen LogP contribution in [-0.4, -0.2) is 62.5 Å². The lowest BCUT2D eigenvalue weighted by Crippen LogP contribution is -2.54. The van der Waals surface area contributed by atoms with Gasteiger partial charge in [0, 0.05) is 24.3 Å². The van der Waals surface area contributed by atoms with Crippen molar-refractivity contribution in [3.05, 3.63) is 47.8 Å². The van der Waals surface area contributed by atoms with E-state index in [2.05, 4.69) is 36.8 Å².